The number of nitrogens with two attached hydrogens (primary N) is 3. The van der Waals surface area contributed by atoms with Gasteiger partial charge >= 0.3 is 5.97 Å². The number of amides is 5. The summed E-state index contributed by atoms with van der Waals surface area (Å²) in [7, 11) is 0. The van der Waals surface area contributed by atoms with Crippen LogP contribution in [0.3, 0.4) is 0 Å². The third-order valence-corrected chi connectivity index (χ3v) is 4.46. The smallest absolute Gasteiger partial charge is 0.326 e. The van der Waals surface area contributed by atoms with Crippen LogP contribution in [0, 0.1) is 11.8 Å². The predicted molar refractivity (Wildman–Crippen MR) is 118 cm³/mol. The number of aliphatic carboxylic acids is 1. The first-order chi connectivity index (χ1) is 15.1. The zero-order chi connectivity index (χ0) is 25.9. The van der Waals surface area contributed by atoms with Crippen molar-refractivity contribution < 1.29 is 33.9 Å². The summed E-state index contributed by atoms with van der Waals surface area (Å²) in [6.45, 7) is 7.19. The molecule has 13 nitrogen and oxygen atoms in total. The molecular weight excluding hydrogens is 436 g/mol. The third kappa shape index (κ3) is 12.4. The van der Waals surface area contributed by atoms with E-state index in [0.717, 1.165) is 0 Å². The first kappa shape index (κ1) is 29.8. The van der Waals surface area contributed by atoms with E-state index >= 15 is 0 Å². The van der Waals surface area contributed by atoms with E-state index in [-0.39, 0.29) is 24.7 Å². The highest BCUT2D eigenvalue weighted by molar-refractivity contribution is 5.96. The number of nitrogens with one attached hydrogen (secondary N) is 3. The van der Waals surface area contributed by atoms with E-state index in [1.165, 1.54) is 0 Å². The van der Waals surface area contributed by atoms with Crippen LogP contribution < -0.4 is 33.2 Å². The molecule has 0 aliphatic carbocycles. The van der Waals surface area contributed by atoms with Gasteiger partial charge in [0, 0.05) is 0 Å². The molecular formula is C20H36N6O7. The molecule has 4 atom stereocenters. The second-order valence-electron chi connectivity index (χ2n) is 8.73. The van der Waals surface area contributed by atoms with Crippen molar-refractivity contribution in [3.63, 3.8) is 0 Å². The van der Waals surface area contributed by atoms with Crippen molar-refractivity contribution >= 4 is 35.5 Å². The molecule has 5 amide bonds. The zero-order valence-corrected chi connectivity index (χ0v) is 19.4. The number of carbonyl (C=O) groups excluding carboxylic acids is 5. The van der Waals surface area contributed by atoms with Gasteiger partial charge in [0.05, 0.1) is 18.9 Å². The average molecular weight is 473 g/mol. The molecule has 0 spiro atoms. The van der Waals surface area contributed by atoms with Crippen LogP contribution in [0.5, 0.6) is 0 Å². The lowest BCUT2D eigenvalue weighted by molar-refractivity contribution is -0.143. The Kier molecular flexibility index (Phi) is 12.7. The standard InChI is InChI=1S/C20H36N6O7/c1-9(2)5-12(18(30)26-14(20(32)33)6-10(3)4)25-19(31)13(8-16(23)28)24-17(29)11(21)7-15(22)27/h9-14H,5-8,21H2,1-4H3,(H2,22,27)(H2,23,28)(H,24,29)(H,25,31)(H,26,30)(H,32,33). The quantitative estimate of drug-likeness (QED) is 0.136. The van der Waals surface area contributed by atoms with Gasteiger partial charge in [-0.2, -0.15) is 0 Å². The monoisotopic (exact) mass is 472 g/mol. The van der Waals surface area contributed by atoms with Crippen LogP contribution in [0.2, 0.25) is 0 Å². The van der Waals surface area contributed by atoms with Crippen molar-refractivity contribution in [3.8, 4) is 0 Å². The Morgan fingerprint density at radius 2 is 1.06 bits per heavy atom. The van der Waals surface area contributed by atoms with Gasteiger partial charge in [-0.1, -0.05) is 27.7 Å². The molecule has 0 heterocycles. The summed E-state index contributed by atoms with van der Waals surface area (Å²) in [5, 5.41) is 16.5. The highest BCUT2D eigenvalue weighted by atomic mass is 16.4. The van der Waals surface area contributed by atoms with E-state index in [2.05, 4.69) is 16.0 Å². The molecule has 0 fully saturated rings. The lowest BCUT2D eigenvalue weighted by atomic mass is 10.00. The van der Waals surface area contributed by atoms with Crippen LogP contribution in [-0.2, 0) is 28.8 Å². The summed E-state index contributed by atoms with van der Waals surface area (Å²) in [5.74, 6) is -5.57. The van der Waals surface area contributed by atoms with Gasteiger partial charge in [-0.05, 0) is 24.7 Å². The lowest BCUT2D eigenvalue weighted by Gasteiger charge is -2.26. The van der Waals surface area contributed by atoms with Crippen LogP contribution >= 0.6 is 0 Å². The molecule has 0 aromatic heterocycles. The Morgan fingerprint density at radius 3 is 1.48 bits per heavy atom. The minimum atomic E-state index is -1.47. The molecule has 0 aliphatic heterocycles. The third-order valence-electron chi connectivity index (χ3n) is 4.46. The molecule has 4 unspecified atom stereocenters. The maximum atomic E-state index is 12.8. The Bertz CT molecular complexity index is 740. The molecule has 0 aromatic carbocycles. The van der Waals surface area contributed by atoms with Gasteiger partial charge in [-0.3, -0.25) is 24.0 Å². The minimum Gasteiger partial charge on any atom is -0.480 e. The van der Waals surface area contributed by atoms with Crippen LogP contribution in [0.15, 0.2) is 0 Å². The predicted octanol–water partition coefficient (Wildman–Crippen LogP) is -2.30. The summed E-state index contributed by atoms with van der Waals surface area (Å²) >= 11 is 0. The zero-order valence-electron chi connectivity index (χ0n) is 19.4. The maximum absolute atomic E-state index is 12.8. The van der Waals surface area contributed by atoms with Crippen molar-refractivity contribution in [3.05, 3.63) is 0 Å². The number of hydrogen-bond donors (Lipinski definition) is 7. The van der Waals surface area contributed by atoms with Gasteiger partial charge in [-0.25, -0.2) is 4.79 Å². The number of carboxylic acids is 1. The molecule has 188 valence electrons. The summed E-state index contributed by atoms with van der Waals surface area (Å²) in [6, 6.07) is -5.12. The normalized spacial score (nSPS) is 14.6. The molecule has 10 N–H and O–H groups in total. The van der Waals surface area contributed by atoms with Crippen molar-refractivity contribution in [1.82, 2.24) is 16.0 Å². The summed E-state index contributed by atoms with van der Waals surface area (Å²) in [4.78, 5) is 71.6. The van der Waals surface area contributed by atoms with E-state index in [9.17, 15) is 33.9 Å². The van der Waals surface area contributed by atoms with Gasteiger partial charge in [0.25, 0.3) is 0 Å². The van der Waals surface area contributed by atoms with Gasteiger partial charge in [0.2, 0.25) is 29.5 Å². The fourth-order valence-corrected chi connectivity index (χ4v) is 2.94. The van der Waals surface area contributed by atoms with Gasteiger partial charge < -0.3 is 38.3 Å². The molecule has 0 aromatic rings. The van der Waals surface area contributed by atoms with Crippen LogP contribution in [0.1, 0.15) is 53.4 Å². The molecule has 0 saturated carbocycles. The summed E-state index contributed by atoms with van der Waals surface area (Å²) in [5.41, 5.74) is 15.7. The molecule has 0 radical (unpaired) electrons. The lowest BCUT2D eigenvalue weighted by Crippen LogP contribution is -2.58. The number of primary amides is 2. The van der Waals surface area contributed by atoms with E-state index in [4.69, 9.17) is 17.2 Å². The topological polar surface area (TPSA) is 237 Å². The Balaban J connectivity index is 5.54. The number of hydrogen-bond acceptors (Lipinski definition) is 7. The molecule has 33 heavy (non-hydrogen) atoms. The molecule has 0 rings (SSSR count). The van der Waals surface area contributed by atoms with E-state index in [0.29, 0.717) is 0 Å². The summed E-state index contributed by atoms with van der Waals surface area (Å²) < 4.78 is 0. The van der Waals surface area contributed by atoms with Crippen molar-refractivity contribution in [2.24, 2.45) is 29.0 Å². The van der Waals surface area contributed by atoms with Crippen LogP contribution in [0.4, 0.5) is 0 Å². The fourth-order valence-electron chi connectivity index (χ4n) is 2.94. The van der Waals surface area contributed by atoms with E-state index in [1.54, 1.807) is 27.7 Å². The van der Waals surface area contributed by atoms with Crippen molar-refractivity contribution in [2.75, 3.05) is 0 Å². The Hall–Kier alpha value is -3.22. The Labute approximate surface area is 192 Å². The maximum Gasteiger partial charge on any atom is 0.326 e. The molecule has 0 bridgehead atoms. The van der Waals surface area contributed by atoms with Crippen LogP contribution in [0.25, 0.3) is 0 Å². The SMILES string of the molecule is CC(C)CC(NC(=O)C(CC(C)C)NC(=O)C(CC(N)=O)NC(=O)C(N)CC(N)=O)C(=O)O. The van der Waals surface area contributed by atoms with Crippen molar-refractivity contribution in [2.45, 2.75) is 77.5 Å². The van der Waals surface area contributed by atoms with Crippen LogP contribution in [-0.4, -0.2) is 64.8 Å². The number of carboxylic acid groups (broad SMARTS) is 1. The molecule has 13 heteroatoms. The van der Waals surface area contributed by atoms with Gasteiger partial charge in [-0.15, -0.1) is 0 Å². The van der Waals surface area contributed by atoms with Gasteiger partial charge in [0.1, 0.15) is 18.1 Å². The Morgan fingerprint density at radius 1 is 0.667 bits per heavy atom. The number of carbonyl (C=O) groups is 6. The number of rotatable bonds is 15. The largest absolute Gasteiger partial charge is 0.480 e. The average Bonchev–Trinajstić information content (AvgIpc) is 2.64. The summed E-state index contributed by atoms with van der Waals surface area (Å²) in [6.07, 6.45) is -0.741. The first-order valence-corrected chi connectivity index (χ1v) is 10.6. The second-order valence-corrected chi connectivity index (χ2v) is 8.73. The molecule has 0 aliphatic rings. The first-order valence-electron chi connectivity index (χ1n) is 10.6. The molecule has 0 saturated heterocycles. The highest BCUT2D eigenvalue weighted by Gasteiger charge is 2.31. The minimum absolute atomic E-state index is 0.00990. The van der Waals surface area contributed by atoms with Crippen molar-refractivity contribution in [1.29, 1.82) is 0 Å². The van der Waals surface area contributed by atoms with E-state index in [1.807, 2.05) is 0 Å². The highest BCUT2D eigenvalue weighted by Crippen LogP contribution is 2.09. The van der Waals surface area contributed by atoms with Gasteiger partial charge in [0.15, 0.2) is 0 Å². The fraction of sp³-hybridized carbons (Fsp3) is 0.700. The van der Waals surface area contributed by atoms with E-state index < -0.39 is 72.5 Å². The second kappa shape index (κ2) is 14.0.